The van der Waals surface area contributed by atoms with E-state index >= 15 is 0 Å². The second-order valence-corrected chi connectivity index (χ2v) is 7.89. The van der Waals surface area contributed by atoms with E-state index in [9.17, 15) is 9.59 Å². The zero-order chi connectivity index (χ0) is 22.1. The van der Waals surface area contributed by atoms with E-state index in [1.807, 2.05) is 63.2 Å². The fourth-order valence-corrected chi connectivity index (χ4v) is 3.36. The summed E-state index contributed by atoms with van der Waals surface area (Å²) in [4.78, 5) is 27.5. The molecule has 0 spiro atoms. The van der Waals surface area contributed by atoms with E-state index in [1.54, 1.807) is 11.0 Å². The molecule has 1 atom stereocenters. The number of hydrogen-bond acceptors (Lipinski definition) is 3. The first-order valence-corrected chi connectivity index (χ1v) is 10.8. The lowest BCUT2D eigenvalue weighted by Gasteiger charge is -2.31. The van der Waals surface area contributed by atoms with Crippen molar-refractivity contribution in [1.29, 1.82) is 0 Å². The van der Waals surface area contributed by atoms with Crippen molar-refractivity contribution in [2.45, 2.75) is 59.2 Å². The van der Waals surface area contributed by atoms with Gasteiger partial charge >= 0.3 is 0 Å². The van der Waals surface area contributed by atoms with Crippen molar-refractivity contribution in [2.24, 2.45) is 0 Å². The van der Waals surface area contributed by atoms with Gasteiger partial charge in [0.05, 0.1) is 0 Å². The molecule has 0 radical (unpaired) electrons. The Labute approximate surface area is 184 Å². The average Bonchev–Trinajstić information content (AvgIpc) is 2.73. The highest BCUT2D eigenvalue weighted by atomic mass is 35.5. The third-order valence-electron chi connectivity index (χ3n) is 4.81. The van der Waals surface area contributed by atoms with E-state index in [4.69, 9.17) is 16.3 Å². The van der Waals surface area contributed by atoms with Gasteiger partial charge in [-0.25, -0.2) is 0 Å². The first kappa shape index (κ1) is 23.7. The molecule has 0 fully saturated rings. The highest BCUT2D eigenvalue weighted by Crippen LogP contribution is 2.20. The SMILES string of the molecule is CCc1ccc(OCC(=O)N(Cc2ccccc2Cl)[C@H](CC)C(=O)NC(C)C)cc1. The van der Waals surface area contributed by atoms with Crippen molar-refractivity contribution in [2.75, 3.05) is 6.61 Å². The van der Waals surface area contributed by atoms with Crippen molar-refractivity contribution in [3.8, 4) is 5.75 Å². The Balaban J connectivity index is 2.20. The number of aryl methyl sites for hydroxylation is 1. The van der Waals surface area contributed by atoms with Gasteiger partial charge in [0.1, 0.15) is 11.8 Å². The third-order valence-corrected chi connectivity index (χ3v) is 5.18. The van der Waals surface area contributed by atoms with Gasteiger partial charge in [-0.1, -0.05) is 55.8 Å². The monoisotopic (exact) mass is 430 g/mol. The molecule has 2 rings (SSSR count). The fraction of sp³-hybridized carbons (Fsp3) is 0.417. The number of ether oxygens (including phenoxy) is 1. The number of benzene rings is 2. The quantitative estimate of drug-likeness (QED) is 0.598. The number of rotatable bonds is 10. The van der Waals surface area contributed by atoms with Gasteiger partial charge in [-0.05, 0) is 56.0 Å². The number of carbonyl (C=O) groups is 2. The molecule has 0 unspecified atom stereocenters. The minimum absolute atomic E-state index is 0.0165. The Kier molecular flexibility index (Phi) is 9.18. The number of carbonyl (C=O) groups excluding carboxylic acids is 2. The summed E-state index contributed by atoms with van der Waals surface area (Å²) in [7, 11) is 0. The van der Waals surface area contributed by atoms with Crippen LogP contribution in [0.3, 0.4) is 0 Å². The van der Waals surface area contributed by atoms with E-state index in [2.05, 4.69) is 12.2 Å². The van der Waals surface area contributed by atoms with Gasteiger partial charge in [-0.15, -0.1) is 0 Å². The molecule has 0 bridgehead atoms. The van der Waals surface area contributed by atoms with Crippen LogP contribution in [0.4, 0.5) is 0 Å². The number of nitrogens with one attached hydrogen (secondary N) is 1. The van der Waals surface area contributed by atoms with Gasteiger partial charge in [-0.3, -0.25) is 9.59 Å². The predicted molar refractivity (Wildman–Crippen MR) is 121 cm³/mol. The first-order chi connectivity index (χ1) is 14.3. The molecule has 0 saturated carbocycles. The van der Waals surface area contributed by atoms with E-state index in [0.717, 1.165) is 12.0 Å². The first-order valence-electron chi connectivity index (χ1n) is 10.4. The van der Waals surface area contributed by atoms with Gasteiger partial charge < -0.3 is 15.0 Å². The summed E-state index contributed by atoms with van der Waals surface area (Å²) in [6.07, 6.45) is 1.42. The molecule has 2 aromatic carbocycles. The summed E-state index contributed by atoms with van der Waals surface area (Å²) >= 11 is 6.32. The molecule has 0 aliphatic rings. The van der Waals surface area contributed by atoms with Gasteiger partial charge in [0, 0.05) is 17.6 Å². The van der Waals surface area contributed by atoms with Gasteiger partial charge in [0.2, 0.25) is 5.91 Å². The Bertz CT molecular complexity index is 837. The summed E-state index contributed by atoms with van der Waals surface area (Å²) < 4.78 is 5.72. The van der Waals surface area contributed by atoms with Crippen molar-refractivity contribution in [3.05, 3.63) is 64.7 Å². The standard InChI is InChI=1S/C24H31ClN2O3/c1-5-18-11-13-20(14-12-18)30-16-23(28)27(15-19-9-7-8-10-21(19)25)22(6-2)24(29)26-17(3)4/h7-14,17,22H,5-6,15-16H2,1-4H3,(H,26,29)/t22-/m1/s1. The topological polar surface area (TPSA) is 58.6 Å². The number of hydrogen-bond donors (Lipinski definition) is 1. The molecule has 6 heteroatoms. The summed E-state index contributed by atoms with van der Waals surface area (Å²) in [6.45, 7) is 7.85. The molecule has 1 N–H and O–H groups in total. The lowest BCUT2D eigenvalue weighted by molar-refractivity contribution is -0.143. The Morgan fingerprint density at radius 3 is 2.30 bits per heavy atom. The lowest BCUT2D eigenvalue weighted by Crippen LogP contribution is -2.51. The minimum atomic E-state index is -0.609. The minimum Gasteiger partial charge on any atom is -0.484 e. The van der Waals surface area contributed by atoms with Gasteiger partial charge in [0.25, 0.3) is 5.91 Å². The van der Waals surface area contributed by atoms with Crippen LogP contribution in [-0.2, 0) is 22.6 Å². The zero-order valence-electron chi connectivity index (χ0n) is 18.2. The molecule has 162 valence electrons. The smallest absolute Gasteiger partial charge is 0.261 e. The summed E-state index contributed by atoms with van der Waals surface area (Å²) in [5.74, 6) is 0.179. The summed E-state index contributed by atoms with van der Waals surface area (Å²) in [6, 6.07) is 14.4. The number of amides is 2. The maximum atomic E-state index is 13.1. The van der Waals surface area contributed by atoms with Crippen molar-refractivity contribution < 1.29 is 14.3 Å². The molecular formula is C24H31ClN2O3. The van der Waals surface area contributed by atoms with Crippen molar-refractivity contribution >= 4 is 23.4 Å². The van der Waals surface area contributed by atoms with E-state index in [-0.39, 0.29) is 31.0 Å². The molecule has 0 heterocycles. The molecule has 30 heavy (non-hydrogen) atoms. The van der Waals surface area contributed by atoms with Crippen molar-refractivity contribution in [1.82, 2.24) is 10.2 Å². The van der Waals surface area contributed by atoms with Crippen LogP contribution in [-0.4, -0.2) is 35.4 Å². The summed E-state index contributed by atoms with van der Waals surface area (Å²) in [5, 5.41) is 3.47. The van der Waals surface area contributed by atoms with Crippen LogP contribution in [0.5, 0.6) is 5.75 Å². The Morgan fingerprint density at radius 1 is 1.07 bits per heavy atom. The third kappa shape index (κ3) is 6.77. The second kappa shape index (κ2) is 11.6. The van der Waals surface area contributed by atoms with Crippen LogP contribution in [0.1, 0.15) is 45.2 Å². The van der Waals surface area contributed by atoms with E-state index < -0.39 is 6.04 Å². The predicted octanol–water partition coefficient (Wildman–Crippen LogP) is 4.61. The average molecular weight is 431 g/mol. The molecular weight excluding hydrogens is 400 g/mol. The van der Waals surface area contributed by atoms with Gasteiger partial charge in [0.15, 0.2) is 6.61 Å². The van der Waals surface area contributed by atoms with Crippen LogP contribution < -0.4 is 10.1 Å². The Hall–Kier alpha value is -2.53. The van der Waals surface area contributed by atoms with Crippen molar-refractivity contribution in [3.63, 3.8) is 0 Å². The van der Waals surface area contributed by atoms with E-state index in [0.29, 0.717) is 17.2 Å². The van der Waals surface area contributed by atoms with Gasteiger partial charge in [-0.2, -0.15) is 0 Å². The van der Waals surface area contributed by atoms with Crippen LogP contribution in [0, 0.1) is 0 Å². The Morgan fingerprint density at radius 2 is 1.73 bits per heavy atom. The highest BCUT2D eigenvalue weighted by Gasteiger charge is 2.29. The zero-order valence-corrected chi connectivity index (χ0v) is 18.9. The molecule has 2 amide bonds. The van der Waals surface area contributed by atoms with E-state index in [1.165, 1.54) is 5.56 Å². The van der Waals surface area contributed by atoms with Crippen LogP contribution in [0.25, 0.3) is 0 Å². The molecule has 0 aliphatic heterocycles. The molecule has 5 nitrogen and oxygen atoms in total. The fourth-order valence-electron chi connectivity index (χ4n) is 3.16. The highest BCUT2D eigenvalue weighted by molar-refractivity contribution is 6.31. The maximum absolute atomic E-state index is 13.1. The number of nitrogens with zero attached hydrogens (tertiary/aromatic N) is 1. The lowest BCUT2D eigenvalue weighted by atomic mass is 10.1. The largest absolute Gasteiger partial charge is 0.484 e. The molecule has 0 saturated heterocycles. The molecule has 0 aliphatic carbocycles. The molecule has 2 aromatic rings. The second-order valence-electron chi connectivity index (χ2n) is 7.49. The summed E-state index contributed by atoms with van der Waals surface area (Å²) in [5.41, 5.74) is 1.99. The van der Waals surface area contributed by atoms with Crippen LogP contribution in [0.2, 0.25) is 5.02 Å². The normalized spacial score (nSPS) is 11.8. The van der Waals surface area contributed by atoms with Crippen LogP contribution in [0.15, 0.2) is 48.5 Å². The maximum Gasteiger partial charge on any atom is 0.261 e. The molecule has 0 aromatic heterocycles. The number of halogens is 1. The van der Waals surface area contributed by atoms with Crippen LogP contribution >= 0.6 is 11.6 Å².